The lowest BCUT2D eigenvalue weighted by molar-refractivity contribution is 0.269. The molecule has 2 aromatic rings. The molecule has 0 aliphatic carbocycles. The standard InChI is InChI=1S/C15H17BrN2O2/c1-2-19-15-6-11(7-17)3-4-14(15)20-10-12-5-13(16)9-18-8-12/h3-6,8-9H,2,7,10,17H2,1H3. The molecular weight excluding hydrogens is 320 g/mol. The van der Waals surface area contributed by atoms with Crippen molar-refractivity contribution in [2.24, 2.45) is 5.73 Å². The SMILES string of the molecule is CCOc1cc(CN)ccc1OCc1cncc(Br)c1. The third kappa shape index (κ3) is 3.95. The van der Waals surface area contributed by atoms with Crippen molar-refractivity contribution in [3.05, 3.63) is 52.3 Å². The second-order valence-corrected chi connectivity index (χ2v) is 5.13. The molecule has 0 unspecified atom stereocenters. The molecule has 2 N–H and O–H groups in total. The van der Waals surface area contributed by atoms with Gasteiger partial charge in [-0.05, 0) is 46.6 Å². The van der Waals surface area contributed by atoms with Crippen LogP contribution in [-0.2, 0) is 13.2 Å². The van der Waals surface area contributed by atoms with Crippen LogP contribution in [0.4, 0.5) is 0 Å². The Morgan fingerprint density at radius 2 is 1.95 bits per heavy atom. The topological polar surface area (TPSA) is 57.4 Å². The first kappa shape index (κ1) is 14.8. The first-order valence-corrected chi connectivity index (χ1v) is 7.20. The van der Waals surface area contributed by atoms with Gasteiger partial charge in [-0.25, -0.2) is 0 Å². The van der Waals surface area contributed by atoms with Crippen molar-refractivity contribution in [3.63, 3.8) is 0 Å². The van der Waals surface area contributed by atoms with Crippen LogP contribution in [-0.4, -0.2) is 11.6 Å². The summed E-state index contributed by atoms with van der Waals surface area (Å²) < 4.78 is 12.3. The molecule has 0 aliphatic rings. The van der Waals surface area contributed by atoms with Gasteiger partial charge in [-0.1, -0.05) is 6.07 Å². The molecule has 5 heteroatoms. The number of nitrogens with two attached hydrogens (primary N) is 1. The van der Waals surface area contributed by atoms with Gasteiger partial charge in [-0.2, -0.15) is 0 Å². The van der Waals surface area contributed by atoms with Crippen molar-refractivity contribution in [1.82, 2.24) is 4.98 Å². The van der Waals surface area contributed by atoms with Gasteiger partial charge in [0.25, 0.3) is 0 Å². The van der Waals surface area contributed by atoms with Gasteiger partial charge in [0.05, 0.1) is 6.61 Å². The molecule has 1 aromatic heterocycles. The number of pyridine rings is 1. The molecule has 0 bridgehead atoms. The Kier molecular flexibility index (Phi) is 5.38. The molecule has 2 rings (SSSR count). The molecule has 4 nitrogen and oxygen atoms in total. The summed E-state index contributed by atoms with van der Waals surface area (Å²) in [5.74, 6) is 1.43. The van der Waals surface area contributed by atoms with E-state index in [9.17, 15) is 0 Å². The van der Waals surface area contributed by atoms with Crippen LogP contribution in [0.1, 0.15) is 18.1 Å². The summed E-state index contributed by atoms with van der Waals surface area (Å²) in [7, 11) is 0. The van der Waals surface area contributed by atoms with Crippen molar-refractivity contribution < 1.29 is 9.47 Å². The molecular formula is C15H17BrN2O2. The maximum atomic E-state index is 5.80. The van der Waals surface area contributed by atoms with E-state index in [1.165, 1.54) is 0 Å². The molecule has 0 fully saturated rings. The lowest BCUT2D eigenvalue weighted by Gasteiger charge is -2.13. The lowest BCUT2D eigenvalue weighted by atomic mass is 10.2. The fraction of sp³-hybridized carbons (Fsp3) is 0.267. The van der Waals surface area contributed by atoms with E-state index in [0.29, 0.717) is 25.5 Å². The average Bonchev–Trinajstić information content (AvgIpc) is 2.46. The summed E-state index contributed by atoms with van der Waals surface area (Å²) in [6, 6.07) is 7.72. The van der Waals surface area contributed by atoms with Gasteiger partial charge in [-0.15, -0.1) is 0 Å². The lowest BCUT2D eigenvalue weighted by Crippen LogP contribution is -2.02. The molecule has 1 heterocycles. The van der Waals surface area contributed by atoms with Gasteiger partial charge in [0.2, 0.25) is 0 Å². The molecule has 0 aliphatic heterocycles. The third-order valence-electron chi connectivity index (χ3n) is 2.70. The molecule has 0 saturated carbocycles. The van der Waals surface area contributed by atoms with Crippen LogP contribution >= 0.6 is 15.9 Å². The van der Waals surface area contributed by atoms with E-state index in [0.717, 1.165) is 21.3 Å². The summed E-state index contributed by atoms with van der Waals surface area (Å²) in [4.78, 5) is 4.11. The number of rotatable bonds is 6. The van der Waals surface area contributed by atoms with E-state index in [2.05, 4.69) is 20.9 Å². The second kappa shape index (κ2) is 7.26. The molecule has 20 heavy (non-hydrogen) atoms. The number of aromatic nitrogens is 1. The number of benzene rings is 1. The quantitative estimate of drug-likeness (QED) is 0.879. The zero-order chi connectivity index (χ0) is 14.4. The first-order valence-electron chi connectivity index (χ1n) is 6.41. The number of hydrogen-bond acceptors (Lipinski definition) is 4. The molecule has 0 radical (unpaired) electrons. The molecule has 0 saturated heterocycles. The minimum atomic E-state index is 0.439. The Bertz CT molecular complexity index is 576. The zero-order valence-corrected chi connectivity index (χ0v) is 12.9. The minimum Gasteiger partial charge on any atom is -0.490 e. The van der Waals surface area contributed by atoms with Crippen LogP contribution in [0.5, 0.6) is 11.5 Å². The van der Waals surface area contributed by atoms with E-state index >= 15 is 0 Å². The predicted molar refractivity (Wildman–Crippen MR) is 81.8 cm³/mol. The fourth-order valence-corrected chi connectivity index (χ4v) is 2.18. The van der Waals surface area contributed by atoms with E-state index in [1.807, 2.05) is 31.2 Å². The van der Waals surface area contributed by atoms with Crippen molar-refractivity contribution in [3.8, 4) is 11.5 Å². The van der Waals surface area contributed by atoms with Crippen molar-refractivity contribution in [1.29, 1.82) is 0 Å². The van der Waals surface area contributed by atoms with Crippen molar-refractivity contribution >= 4 is 15.9 Å². The Morgan fingerprint density at radius 3 is 2.65 bits per heavy atom. The number of hydrogen-bond donors (Lipinski definition) is 1. The van der Waals surface area contributed by atoms with E-state index < -0.39 is 0 Å². The van der Waals surface area contributed by atoms with Crippen molar-refractivity contribution in [2.45, 2.75) is 20.1 Å². The smallest absolute Gasteiger partial charge is 0.161 e. The second-order valence-electron chi connectivity index (χ2n) is 4.22. The number of nitrogens with zero attached hydrogens (tertiary/aromatic N) is 1. The largest absolute Gasteiger partial charge is 0.490 e. The highest BCUT2D eigenvalue weighted by molar-refractivity contribution is 9.10. The Hall–Kier alpha value is -1.59. The zero-order valence-electron chi connectivity index (χ0n) is 11.3. The van der Waals surface area contributed by atoms with Crippen LogP contribution in [0.3, 0.4) is 0 Å². The maximum absolute atomic E-state index is 5.80. The normalized spacial score (nSPS) is 10.3. The third-order valence-corrected chi connectivity index (χ3v) is 3.13. The summed E-state index contributed by atoms with van der Waals surface area (Å²) in [6.07, 6.45) is 3.52. The van der Waals surface area contributed by atoms with Crippen molar-refractivity contribution in [2.75, 3.05) is 6.61 Å². The van der Waals surface area contributed by atoms with Gasteiger partial charge in [-0.3, -0.25) is 4.98 Å². The molecule has 0 amide bonds. The van der Waals surface area contributed by atoms with Crippen LogP contribution < -0.4 is 15.2 Å². The molecule has 1 aromatic carbocycles. The van der Waals surface area contributed by atoms with Crippen LogP contribution in [0.15, 0.2) is 41.1 Å². The average molecular weight is 337 g/mol. The highest BCUT2D eigenvalue weighted by Gasteiger charge is 2.06. The molecule has 106 valence electrons. The first-order chi connectivity index (χ1) is 9.72. The van der Waals surface area contributed by atoms with Gasteiger partial charge in [0.15, 0.2) is 11.5 Å². The van der Waals surface area contributed by atoms with Crippen LogP contribution in [0, 0.1) is 0 Å². The van der Waals surface area contributed by atoms with Gasteiger partial charge in [0.1, 0.15) is 6.61 Å². The number of halogens is 1. The predicted octanol–water partition coefficient (Wildman–Crippen LogP) is 3.28. The monoisotopic (exact) mass is 336 g/mol. The fourth-order valence-electron chi connectivity index (χ4n) is 1.76. The van der Waals surface area contributed by atoms with Gasteiger partial charge >= 0.3 is 0 Å². The van der Waals surface area contributed by atoms with E-state index in [-0.39, 0.29) is 0 Å². The van der Waals surface area contributed by atoms with Crippen LogP contribution in [0.25, 0.3) is 0 Å². The molecule has 0 atom stereocenters. The van der Waals surface area contributed by atoms with Crippen LogP contribution in [0.2, 0.25) is 0 Å². The Morgan fingerprint density at radius 1 is 1.10 bits per heavy atom. The number of ether oxygens (including phenoxy) is 2. The Labute approximate surface area is 127 Å². The Balaban J connectivity index is 2.12. The molecule has 0 spiro atoms. The van der Waals surface area contributed by atoms with Gasteiger partial charge < -0.3 is 15.2 Å². The summed E-state index contributed by atoms with van der Waals surface area (Å²) >= 11 is 3.39. The van der Waals surface area contributed by atoms with Gasteiger partial charge in [0, 0.05) is 29.0 Å². The highest BCUT2D eigenvalue weighted by atomic mass is 79.9. The summed E-state index contributed by atoms with van der Waals surface area (Å²) in [5.41, 5.74) is 7.65. The minimum absolute atomic E-state index is 0.439. The van der Waals surface area contributed by atoms with E-state index in [1.54, 1.807) is 12.4 Å². The summed E-state index contributed by atoms with van der Waals surface area (Å²) in [5, 5.41) is 0. The summed E-state index contributed by atoms with van der Waals surface area (Å²) in [6.45, 7) is 3.45. The van der Waals surface area contributed by atoms with E-state index in [4.69, 9.17) is 15.2 Å². The highest BCUT2D eigenvalue weighted by Crippen LogP contribution is 2.29. The maximum Gasteiger partial charge on any atom is 0.161 e.